The number of aromatic nitrogens is 2. The highest BCUT2D eigenvalue weighted by Crippen LogP contribution is 2.24. The van der Waals surface area contributed by atoms with Crippen LogP contribution in [0.3, 0.4) is 0 Å². The Hall–Kier alpha value is -2.95. The Labute approximate surface area is 153 Å². The number of ether oxygens (including phenoxy) is 1. The van der Waals surface area contributed by atoms with Gasteiger partial charge in [0.2, 0.25) is 0 Å². The van der Waals surface area contributed by atoms with Gasteiger partial charge in [-0.1, -0.05) is 11.6 Å². The number of amides is 1. The van der Waals surface area contributed by atoms with Crippen LogP contribution in [0.5, 0.6) is 5.75 Å². The number of aryl methyl sites for hydroxylation is 2. The predicted octanol–water partition coefficient (Wildman–Crippen LogP) is 3.75. The fourth-order valence-corrected chi connectivity index (χ4v) is 2.90. The minimum absolute atomic E-state index is 0.106. The molecule has 5 nitrogen and oxygen atoms in total. The molecule has 0 aliphatic carbocycles. The van der Waals surface area contributed by atoms with Crippen molar-refractivity contribution in [3.05, 3.63) is 65.1 Å². The lowest BCUT2D eigenvalue weighted by Crippen LogP contribution is -2.34. The zero-order chi connectivity index (χ0) is 18.7. The van der Waals surface area contributed by atoms with Crippen molar-refractivity contribution >= 4 is 16.8 Å². The quantitative estimate of drug-likeness (QED) is 0.762. The molecule has 0 spiro atoms. The van der Waals surface area contributed by atoms with Crippen LogP contribution in [0.25, 0.3) is 10.9 Å². The smallest absolute Gasteiger partial charge is 0.252 e. The summed E-state index contributed by atoms with van der Waals surface area (Å²) in [5.74, 6) is 0.580. The lowest BCUT2D eigenvalue weighted by Gasteiger charge is -2.17. The normalized spacial score (nSPS) is 12.0. The molecule has 0 aliphatic rings. The van der Waals surface area contributed by atoms with Gasteiger partial charge in [-0.2, -0.15) is 0 Å². The molecule has 1 aromatic carbocycles. The third-order valence-corrected chi connectivity index (χ3v) is 4.38. The summed E-state index contributed by atoms with van der Waals surface area (Å²) in [5.41, 5.74) is 4.39. The van der Waals surface area contributed by atoms with Crippen molar-refractivity contribution in [2.24, 2.45) is 0 Å². The van der Waals surface area contributed by atoms with E-state index in [2.05, 4.69) is 15.3 Å². The molecular formula is C21H23N3O2. The molecule has 1 amide bonds. The van der Waals surface area contributed by atoms with E-state index < -0.39 is 0 Å². The highest BCUT2D eigenvalue weighted by atomic mass is 16.5. The van der Waals surface area contributed by atoms with Gasteiger partial charge in [-0.15, -0.1) is 0 Å². The molecule has 0 aliphatic heterocycles. The van der Waals surface area contributed by atoms with E-state index in [1.165, 1.54) is 0 Å². The summed E-state index contributed by atoms with van der Waals surface area (Å²) < 4.78 is 5.77. The average molecular weight is 349 g/mol. The Bertz CT molecular complexity index is 939. The van der Waals surface area contributed by atoms with Crippen molar-refractivity contribution < 1.29 is 9.53 Å². The lowest BCUT2D eigenvalue weighted by molar-refractivity contribution is 0.0933. The van der Waals surface area contributed by atoms with Crippen molar-refractivity contribution in [1.82, 2.24) is 15.3 Å². The van der Waals surface area contributed by atoms with Crippen LogP contribution >= 0.6 is 0 Å². The van der Waals surface area contributed by atoms with E-state index in [-0.39, 0.29) is 12.0 Å². The zero-order valence-corrected chi connectivity index (χ0v) is 15.5. The van der Waals surface area contributed by atoms with E-state index in [0.29, 0.717) is 17.9 Å². The van der Waals surface area contributed by atoms with Gasteiger partial charge in [-0.25, -0.2) is 0 Å². The molecule has 1 N–H and O–H groups in total. The molecule has 5 heteroatoms. The number of carbonyl (C=O) groups excluding carboxylic acids is 1. The number of hydrogen-bond acceptors (Lipinski definition) is 4. The molecule has 2 aromatic heterocycles. The van der Waals surface area contributed by atoms with Crippen LogP contribution < -0.4 is 10.1 Å². The van der Waals surface area contributed by atoms with Gasteiger partial charge >= 0.3 is 0 Å². The highest BCUT2D eigenvalue weighted by Gasteiger charge is 2.17. The van der Waals surface area contributed by atoms with Gasteiger partial charge in [0.05, 0.1) is 23.8 Å². The molecule has 26 heavy (non-hydrogen) atoms. The van der Waals surface area contributed by atoms with Gasteiger partial charge in [0.1, 0.15) is 11.9 Å². The molecule has 0 saturated heterocycles. The van der Waals surface area contributed by atoms with Crippen LogP contribution in [-0.4, -0.2) is 28.5 Å². The summed E-state index contributed by atoms with van der Waals surface area (Å²) in [6.45, 7) is 8.20. The van der Waals surface area contributed by atoms with Gasteiger partial charge in [0, 0.05) is 17.3 Å². The maximum Gasteiger partial charge on any atom is 0.252 e. The van der Waals surface area contributed by atoms with Crippen LogP contribution in [0.15, 0.2) is 42.7 Å². The summed E-state index contributed by atoms with van der Waals surface area (Å²) >= 11 is 0. The number of pyridine rings is 2. The number of benzene rings is 1. The van der Waals surface area contributed by atoms with Gasteiger partial charge in [0.15, 0.2) is 0 Å². The second-order valence-electron chi connectivity index (χ2n) is 6.55. The number of carbonyl (C=O) groups is 1. The van der Waals surface area contributed by atoms with Crippen molar-refractivity contribution in [2.45, 2.75) is 33.8 Å². The molecule has 3 rings (SSSR count). The van der Waals surface area contributed by atoms with E-state index >= 15 is 0 Å². The number of nitrogens with zero attached hydrogens (tertiary/aromatic N) is 2. The fourth-order valence-electron chi connectivity index (χ4n) is 2.90. The Kier molecular flexibility index (Phi) is 5.16. The Morgan fingerprint density at radius 1 is 1.23 bits per heavy atom. The number of fused-ring (bicyclic) bond motifs is 1. The maximum absolute atomic E-state index is 12.9. The Balaban J connectivity index is 1.79. The summed E-state index contributed by atoms with van der Waals surface area (Å²) in [5, 5.41) is 3.87. The van der Waals surface area contributed by atoms with Crippen LogP contribution in [0.1, 0.15) is 34.1 Å². The Morgan fingerprint density at radius 3 is 2.77 bits per heavy atom. The SMILES string of the molecule is Cc1ccc2nc(C)c(C)c(C(=O)NC[C@H](C)Oc3cccnc3)c2c1. The van der Waals surface area contributed by atoms with Crippen LogP contribution in [0.2, 0.25) is 0 Å². The van der Waals surface area contributed by atoms with Gasteiger partial charge in [-0.3, -0.25) is 14.8 Å². The van der Waals surface area contributed by atoms with Gasteiger partial charge in [-0.05, 0) is 57.5 Å². The van der Waals surface area contributed by atoms with Crippen molar-refractivity contribution in [3.63, 3.8) is 0 Å². The van der Waals surface area contributed by atoms with Crippen molar-refractivity contribution in [1.29, 1.82) is 0 Å². The van der Waals surface area contributed by atoms with E-state index in [4.69, 9.17) is 4.74 Å². The van der Waals surface area contributed by atoms with E-state index in [1.807, 2.05) is 58.0 Å². The monoisotopic (exact) mass is 349 g/mol. The predicted molar refractivity (Wildman–Crippen MR) is 103 cm³/mol. The molecule has 0 unspecified atom stereocenters. The molecule has 0 fully saturated rings. The topological polar surface area (TPSA) is 64.1 Å². The van der Waals surface area contributed by atoms with E-state index in [1.54, 1.807) is 12.4 Å². The summed E-state index contributed by atoms with van der Waals surface area (Å²) in [4.78, 5) is 21.5. The van der Waals surface area contributed by atoms with E-state index in [0.717, 1.165) is 27.7 Å². The zero-order valence-electron chi connectivity index (χ0n) is 15.5. The molecule has 0 saturated carbocycles. The van der Waals surface area contributed by atoms with Crippen molar-refractivity contribution in [2.75, 3.05) is 6.54 Å². The maximum atomic E-state index is 12.9. The molecule has 0 bridgehead atoms. The third kappa shape index (κ3) is 3.82. The van der Waals surface area contributed by atoms with Gasteiger partial charge < -0.3 is 10.1 Å². The standard InChI is InChI=1S/C21H23N3O2/c1-13-7-8-19-18(10-13)20(15(3)16(4)24-19)21(25)23-11-14(2)26-17-6-5-9-22-12-17/h5-10,12,14H,11H2,1-4H3,(H,23,25)/t14-/m0/s1. The Morgan fingerprint density at radius 2 is 2.04 bits per heavy atom. The second-order valence-corrected chi connectivity index (χ2v) is 6.55. The fraction of sp³-hybridized carbons (Fsp3) is 0.286. The average Bonchev–Trinajstić information content (AvgIpc) is 2.62. The first-order chi connectivity index (χ1) is 12.5. The van der Waals surface area contributed by atoms with Crippen LogP contribution in [-0.2, 0) is 0 Å². The largest absolute Gasteiger partial charge is 0.487 e. The number of rotatable bonds is 5. The minimum Gasteiger partial charge on any atom is -0.487 e. The minimum atomic E-state index is -0.167. The molecule has 0 radical (unpaired) electrons. The first-order valence-electron chi connectivity index (χ1n) is 8.68. The third-order valence-electron chi connectivity index (χ3n) is 4.38. The number of hydrogen-bond donors (Lipinski definition) is 1. The van der Waals surface area contributed by atoms with Gasteiger partial charge in [0.25, 0.3) is 5.91 Å². The summed E-state index contributed by atoms with van der Waals surface area (Å²) in [7, 11) is 0. The highest BCUT2D eigenvalue weighted by molar-refractivity contribution is 6.07. The van der Waals surface area contributed by atoms with E-state index in [9.17, 15) is 4.79 Å². The number of nitrogens with one attached hydrogen (secondary N) is 1. The first kappa shape index (κ1) is 17.9. The molecule has 1 atom stereocenters. The molecule has 134 valence electrons. The molecule has 2 heterocycles. The second kappa shape index (κ2) is 7.52. The molecular weight excluding hydrogens is 326 g/mol. The first-order valence-corrected chi connectivity index (χ1v) is 8.68. The molecule has 3 aromatic rings. The van der Waals surface area contributed by atoms with Crippen LogP contribution in [0, 0.1) is 20.8 Å². The van der Waals surface area contributed by atoms with Crippen LogP contribution in [0.4, 0.5) is 0 Å². The van der Waals surface area contributed by atoms with Crippen molar-refractivity contribution in [3.8, 4) is 5.75 Å². The summed E-state index contributed by atoms with van der Waals surface area (Å²) in [6, 6.07) is 9.65. The summed E-state index contributed by atoms with van der Waals surface area (Å²) in [6.07, 6.45) is 3.19. The lowest BCUT2D eigenvalue weighted by atomic mass is 9.99.